The minimum absolute atomic E-state index is 0.0443. The van der Waals surface area contributed by atoms with Gasteiger partial charge < -0.3 is 9.47 Å². The van der Waals surface area contributed by atoms with Crippen LogP contribution in [0.25, 0.3) is 0 Å². The Morgan fingerprint density at radius 2 is 1.89 bits per heavy atom. The van der Waals surface area contributed by atoms with Gasteiger partial charge in [-0.1, -0.05) is 23.2 Å². The van der Waals surface area contributed by atoms with E-state index in [4.69, 9.17) is 16.3 Å². The van der Waals surface area contributed by atoms with Crippen LogP contribution in [0.2, 0.25) is 5.02 Å². The van der Waals surface area contributed by atoms with Crippen molar-refractivity contribution in [2.45, 2.75) is 13.5 Å². The van der Waals surface area contributed by atoms with Crippen LogP contribution in [-0.2, 0) is 4.74 Å². The molecule has 0 heterocycles. The minimum Gasteiger partial charge on any atom is -0.454 e. The second-order valence-corrected chi connectivity index (χ2v) is 5.73. The van der Waals surface area contributed by atoms with Gasteiger partial charge in [-0.3, -0.25) is 14.9 Å². The zero-order valence-corrected chi connectivity index (χ0v) is 14.5. The Morgan fingerprint density at radius 3 is 2.52 bits per heavy atom. The lowest BCUT2D eigenvalue weighted by molar-refractivity contribution is -0.385. The first-order valence-corrected chi connectivity index (χ1v) is 7.76. The molecule has 0 aliphatic rings. The van der Waals surface area contributed by atoms with E-state index in [2.05, 4.69) is 4.74 Å². The summed E-state index contributed by atoms with van der Waals surface area (Å²) < 4.78 is 34.0. The molecule has 0 atom stereocenters. The first-order valence-electron chi connectivity index (χ1n) is 7.38. The third-order valence-electron chi connectivity index (χ3n) is 3.36. The molecule has 0 saturated heterocycles. The molecule has 0 unspecified atom stereocenters. The van der Waals surface area contributed by atoms with Crippen LogP contribution in [0.5, 0.6) is 5.75 Å². The molecular formula is C17H12ClF2NO6. The molecule has 10 heteroatoms. The third kappa shape index (κ3) is 5.20. The van der Waals surface area contributed by atoms with Crippen LogP contribution >= 0.6 is 11.6 Å². The van der Waals surface area contributed by atoms with Crippen LogP contribution in [0.4, 0.5) is 14.5 Å². The highest BCUT2D eigenvalue weighted by Crippen LogP contribution is 2.25. The fourth-order valence-electron chi connectivity index (χ4n) is 2.18. The molecule has 0 amide bonds. The molecule has 0 fully saturated rings. The van der Waals surface area contributed by atoms with Gasteiger partial charge in [0.2, 0.25) is 5.78 Å². The maximum Gasteiger partial charge on any atom is 0.387 e. The zero-order valence-electron chi connectivity index (χ0n) is 13.8. The van der Waals surface area contributed by atoms with Gasteiger partial charge in [0, 0.05) is 11.1 Å². The number of hydrogen-bond donors (Lipinski definition) is 0. The molecule has 142 valence electrons. The molecule has 0 aromatic heterocycles. The van der Waals surface area contributed by atoms with Crippen molar-refractivity contribution in [1.29, 1.82) is 0 Å². The minimum atomic E-state index is -3.14. The van der Waals surface area contributed by atoms with Crippen molar-refractivity contribution in [1.82, 2.24) is 0 Å². The van der Waals surface area contributed by atoms with Crippen molar-refractivity contribution < 1.29 is 32.8 Å². The van der Waals surface area contributed by atoms with Gasteiger partial charge >= 0.3 is 12.6 Å². The average Bonchev–Trinajstić information content (AvgIpc) is 2.60. The lowest BCUT2D eigenvalue weighted by atomic mass is 10.1. The summed E-state index contributed by atoms with van der Waals surface area (Å²) in [6.07, 6.45) is 0. The highest BCUT2D eigenvalue weighted by molar-refractivity contribution is 6.31. The van der Waals surface area contributed by atoms with E-state index in [-0.39, 0.29) is 16.3 Å². The van der Waals surface area contributed by atoms with Gasteiger partial charge in [-0.05, 0) is 31.2 Å². The van der Waals surface area contributed by atoms with E-state index in [1.165, 1.54) is 24.3 Å². The predicted molar refractivity (Wildman–Crippen MR) is 90.5 cm³/mol. The predicted octanol–water partition coefficient (Wildman–Crippen LogP) is 4.20. The Kier molecular flexibility index (Phi) is 6.40. The molecule has 2 aromatic rings. The molecular weight excluding hydrogens is 388 g/mol. The summed E-state index contributed by atoms with van der Waals surface area (Å²) in [7, 11) is 0. The summed E-state index contributed by atoms with van der Waals surface area (Å²) in [5, 5.41) is 11.1. The second-order valence-electron chi connectivity index (χ2n) is 5.30. The van der Waals surface area contributed by atoms with E-state index < -0.39 is 41.1 Å². The van der Waals surface area contributed by atoms with Crippen LogP contribution in [-0.4, -0.2) is 29.9 Å². The Balaban J connectivity index is 2.18. The van der Waals surface area contributed by atoms with E-state index in [0.29, 0.717) is 5.56 Å². The number of esters is 1. The Bertz CT molecular complexity index is 903. The van der Waals surface area contributed by atoms with Gasteiger partial charge in [-0.25, -0.2) is 4.79 Å². The van der Waals surface area contributed by atoms with Crippen molar-refractivity contribution >= 4 is 29.0 Å². The van der Waals surface area contributed by atoms with Crippen LogP contribution in [0.1, 0.15) is 26.3 Å². The van der Waals surface area contributed by atoms with Crippen molar-refractivity contribution in [2.75, 3.05) is 6.61 Å². The number of carbonyl (C=O) groups excluding carboxylic acids is 2. The maximum atomic E-state index is 12.5. The van der Waals surface area contributed by atoms with Crippen LogP contribution in [0.15, 0.2) is 36.4 Å². The van der Waals surface area contributed by atoms with Crippen LogP contribution < -0.4 is 4.74 Å². The van der Waals surface area contributed by atoms with Gasteiger partial charge in [0.15, 0.2) is 6.61 Å². The van der Waals surface area contributed by atoms with Gasteiger partial charge in [0.25, 0.3) is 5.69 Å². The number of ketones is 1. The lowest BCUT2D eigenvalue weighted by Crippen LogP contribution is -2.17. The van der Waals surface area contributed by atoms with Gasteiger partial charge in [0.05, 0.1) is 10.5 Å². The fourth-order valence-corrected chi connectivity index (χ4v) is 2.34. The van der Waals surface area contributed by atoms with E-state index in [0.717, 1.165) is 12.1 Å². The Morgan fingerprint density at radius 1 is 1.19 bits per heavy atom. The van der Waals surface area contributed by atoms with E-state index in [9.17, 15) is 28.5 Å². The molecule has 0 saturated carbocycles. The number of alkyl halides is 2. The summed E-state index contributed by atoms with van der Waals surface area (Å²) in [5.74, 6) is -2.30. The molecule has 2 rings (SSSR count). The number of nitro groups is 1. The highest BCUT2D eigenvalue weighted by Gasteiger charge is 2.24. The van der Waals surface area contributed by atoms with Gasteiger partial charge in [0.1, 0.15) is 11.3 Å². The lowest BCUT2D eigenvalue weighted by Gasteiger charge is -2.11. The molecule has 7 nitrogen and oxygen atoms in total. The molecule has 0 radical (unpaired) electrons. The maximum absolute atomic E-state index is 12.5. The van der Waals surface area contributed by atoms with Crippen molar-refractivity contribution in [2.24, 2.45) is 0 Å². The summed E-state index contributed by atoms with van der Waals surface area (Å²) in [5.41, 5.74) is -0.587. The summed E-state index contributed by atoms with van der Waals surface area (Å²) >= 11 is 5.66. The molecule has 0 aliphatic carbocycles. The second kappa shape index (κ2) is 8.54. The SMILES string of the molecule is Cc1ccc(OC(F)F)c(C(=O)COC(=O)c2ccc(Cl)cc2[N+](=O)[O-])c1. The number of carbonyl (C=O) groups is 2. The van der Waals surface area contributed by atoms with E-state index in [1.54, 1.807) is 6.92 Å². The largest absolute Gasteiger partial charge is 0.454 e. The number of halogens is 3. The van der Waals surface area contributed by atoms with Gasteiger partial charge in [-0.2, -0.15) is 8.78 Å². The number of benzene rings is 2. The number of nitro benzene ring substituents is 1. The highest BCUT2D eigenvalue weighted by atomic mass is 35.5. The number of ether oxygens (including phenoxy) is 2. The fraction of sp³-hybridized carbons (Fsp3) is 0.176. The Labute approximate surface area is 156 Å². The molecule has 0 aliphatic heterocycles. The first-order chi connectivity index (χ1) is 12.7. The number of Topliss-reactive ketones (excluding diaryl/α,β-unsaturated/α-hetero) is 1. The van der Waals surface area contributed by atoms with Gasteiger partial charge in [-0.15, -0.1) is 0 Å². The smallest absolute Gasteiger partial charge is 0.387 e. The van der Waals surface area contributed by atoms with Crippen molar-refractivity contribution in [3.8, 4) is 5.75 Å². The summed E-state index contributed by atoms with van der Waals surface area (Å²) in [6, 6.07) is 7.28. The molecule has 0 spiro atoms. The topological polar surface area (TPSA) is 95.7 Å². The average molecular weight is 400 g/mol. The summed E-state index contributed by atoms with van der Waals surface area (Å²) in [4.78, 5) is 34.5. The first kappa shape index (κ1) is 20.2. The molecule has 27 heavy (non-hydrogen) atoms. The van der Waals surface area contributed by atoms with Crippen molar-refractivity contribution in [3.05, 3.63) is 68.2 Å². The monoisotopic (exact) mass is 399 g/mol. The Hall–Kier alpha value is -3.07. The van der Waals surface area contributed by atoms with E-state index >= 15 is 0 Å². The van der Waals surface area contributed by atoms with E-state index in [1.807, 2.05) is 0 Å². The quantitative estimate of drug-likeness (QED) is 0.299. The molecule has 2 aromatic carbocycles. The molecule has 0 N–H and O–H groups in total. The molecule has 0 bridgehead atoms. The van der Waals surface area contributed by atoms with Crippen molar-refractivity contribution in [3.63, 3.8) is 0 Å². The zero-order chi connectivity index (χ0) is 20.1. The standard InChI is InChI=1S/C17H12ClF2NO6/c1-9-2-5-15(27-17(19)20)12(6-9)14(22)8-26-16(23)11-4-3-10(18)7-13(11)21(24)25/h2-7,17H,8H2,1H3. The van der Waals surface area contributed by atoms with Crippen LogP contribution in [0.3, 0.4) is 0 Å². The number of hydrogen-bond acceptors (Lipinski definition) is 6. The number of nitrogens with zero attached hydrogens (tertiary/aromatic N) is 1. The summed E-state index contributed by atoms with van der Waals surface area (Å²) in [6.45, 7) is -2.33. The van der Waals surface area contributed by atoms with Crippen LogP contribution in [0, 0.1) is 17.0 Å². The normalized spacial score (nSPS) is 10.6. The number of rotatable bonds is 7. The number of aryl methyl sites for hydroxylation is 1. The third-order valence-corrected chi connectivity index (χ3v) is 3.60.